The van der Waals surface area contributed by atoms with Gasteiger partial charge in [0.1, 0.15) is 17.2 Å². The average molecular weight is 362 g/mol. The number of alkyl halides is 3. The zero-order valence-corrected chi connectivity index (χ0v) is 13.6. The van der Waals surface area contributed by atoms with Gasteiger partial charge in [-0.25, -0.2) is 4.39 Å². The standard InChI is InChI=1S/C14H14F4N4OS/c1-7-3-9(15)10(4-11(7)24-6-14(16,17)18)21-13(23)8-5-20-22(2)12(8)19/h3-5H,6,19H2,1-2H3,(H,21,23). The number of nitrogens with two attached hydrogens (primary N) is 1. The van der Waals surface area contributed by atoms with Crippen LogP contribution in [-0.2, 0) is 7.05 Å². The van der Waals surface area contributed by atoms with Crippen LogP contribution in [0.3, 0.4) is 0 Å². The Morgan fingerprint density at radius 2 is 2.08 bits per heavy atom. The molecule has 1 aromatic heterocycles. The van der Waals surface area contributed by atoms with Crippen molar-refractivity contribution >= 4 is 29.2 Å². The summed E-state index contributed by atoms with van der Waals surface area (Å²) in [5.74, 6) is -2.47. The van der Waals surface area contributed by atoms with Crippen LogP contribution in [0, 0.1) is 12.7 Å². The van der Waals surface area contributed by atoms with Gasteiger partial charge in [0.2, 0.25) is 0 Å². The van der Waals surface area contributed by atoms with E-state index >= 15 is 0 Å². The Morgan fingerprint density at radius 3 is 2.62 bits per heavy atom. The number of aryl methyl sites for hydroxylation is 2. The van der Waals surface area contributed by atoms with E-state index in [0.29, 0.717) is 17.3 Å². The number of hydrogen-bond acceptors (Lipinski definition) is 4. The van der Waals surface area contributed by atoms with Crippen molar-refractivity contribution in [2.24, 2.45) is 7.05 Å². The van der Waals surface area contributed by atoms with Crippen LogP contribution in [0.1, 0.15) is 15.9 Å². The van der Waals surface area contributed by atoms with Crippen LogP contribution >= 0.6 is 11.8 Å². The molecule has 1 aromatic carbocycles. The molecule has 1 heterocycles. The van der Waals surface area contributed by atoms with Crippen molar-refractivity contribution in [1.29, 1.82) is 0 Å². The molecule has 3 N–H and O–H groups in total. The molecule has 130 valence electrons. The first-order valence-corrected chi connectivity index (χ1v) is 7.65. The lowest BCUT2D eigenvalue weighted by atomic mass is 10.2. The maximum absolute atomic E-state index is 14.0. The number of amides is 1. The number of carbonyl (C=O) groups is 1. The van der Waals surface area contributed by atoms with Gasteiger partial charge in [-0.3, -0.25) is 9.48 Å². The first-order chi connectivity index (χ1) is 11.1. The molecule has 0 radical (unpaired) electrons. The molecule has 5 nitrogen and oxygen atoms in total. The summed E-state index contributed by atoms with van der Waals surface area (Å²) >= 11 is 0.523. The molecule has 0 bridgehead atoms. The largest absolute Gasteiger partial charge is 0.398 e. The van der Waals surface area contributed by atoms with E-state index in [1.807, 2.05) is 0 Å². The number of nitrogens with zero attached hydrogens (tertiary/aromatic N) is 2. The minimum Gasteiger partial charge on any atom is -0.383 e. The summed E-state index contributed by atoms with van der Waals surface area (Å²) in [4.78, 5) is 12.3. The lowest BCUT2D eigenvalue weighted by Gasteiger charge is -2.12. The Hall–Kier alpha value is -2.23. The molecule has 0 fully saturated rings. The number of carbonyl (C=O) groups excluding carboxylic acids is 1. The highest BCUT2D eigenvalue weighted by Crippen LogP contribution is 2.32. The molecule has 2 aromatic rings. The molecule has 0 aliphatic heterocycles. The maximum atomic E-state index is 14.0. The molecule has 0 spiro atoms. The minimum atomic E-state index is -4.35. The van der Waals surface area contributed by atoms with Gasteiger partial charge in [0.15, 0.2) is 0 Å². The van der Waals surface area contributed by atoms with Crippen molar-refractivity contribution in [2.45, 2.75) is 18.0 Å². The molecule has 0 aliphatic carbocycles. The van der Waals surface area contributed by atoms with Crippen LogP contribution in [-0.4, -0.2) is 27.6 Å². The van der Waals surface area contributed by atoms with E-state index in [4.69, 9.17) is 5.73 Å². The highest BCUT2D eigenvalue weighted by molar-refractivity contribution is 7.99. The summed E-state index contributed by atoms with van der Waals surface area (Å²) in [6, 6.07) is 2.24. The molecule has 24 heavy (non-hydrogen) atoms. The fourth-order valence-corrected chi connectivity index (χ4v) is 2.68. The van der Waals surface area contributed by atoms with E-state index in [-0.39, 0.29) is 22.0 Å². The second-order valence-electron chi connectivity index (χ2n) is 5.02. The molecule has 0 unspecified atom stereocenters. The van der Waals surface area contributed by atoms with Crippen molar-refractivity contribution < 1.29 is 22.4 Å². The summed E-state index contributed by atoms with van der Waals surface area (Å²) in [6.07, 6.45) is -3.13. The monoisotopic (exact) mass is 362 g/mol. The fraction of sp³-hybridized carbons (Fsp3) is 0.286. The lowest BCUT2D eigenvalue weighted by molar-refractivity contribution is -0.105. The second-order valence-corrected chi connectivity index (χ2v) is 6.04. The van der Waals surface area contributed by atoms with E-state index in [2.05, 4.69) is 10.4 Å². The molecule has 1 amide bonds. The third-order valence-electron chi connectivity index (χ3n) is 3.13. The second kappa shape index (κ2) is 6.71. The van der Waals surface area contributed by atoms with Crippen LogP contribution in [0.25, 0.3) is 0 Å². The van der Waals surface area contributed by atoms with Crippen molar-refractivity contribution in [3.63, 3.8) is 0 Å². The van der Waals surface area contributed by atoms with Crippen LogP contribution in [0.15, 0.2) is 23.2 Å². The molecule has 0 atom stereocenters. The van der Waals surface area contributed by atoms with Gasteiger partial charge in [0, 0.05) is 11.9 Å². The van der Waals surface area contributed by atoms with E-state index in [9.17, 15) is 22.4 Å². The minimum absolute atomic E-state index is 0.0435. The fourth-order valence-electron chi connectivity index (χ4n) is 1.88. The smallest absolute Gasteiger partial charge is 0.383 e. The van der Waals surface area contributed by atoms with Crippen LogP contribution in [0.2, 0.25) is 0 Å². The molecule has 0 saturated heterocycles. The van der Waals surface area contributed by atoms with Crippen molar-refractivity contribution in [2.75, 3.05) is 16.8 Å². The summed E-state index contributed by atoms with van der Waals surface area (Å²) in [5, 5.41) is 6.10. The zero-order valence-electron chi connectivity index (χ0n) is 12.7. The molecule has 2 rings (SSSR count). The number of rotatable bonds is 4. The van der Waals surface area contributed by atoms with E-state index in [1.165, 1.54) is 30.9 Å². The normalized spacial score (nSPS) is 11.6. The van der Waals surface area contributed by atoms with Gasteiger partial charge >= 0.3 is 6.18 Å². The number of benzene rings is 1. The molecule has 0 saturated carbocycles. The topological polar surface area (TPSA) is 72.9 Å². The maximum Gasteiger partial charge on any atom is 0.398 e. The third-order valence-corrected chi connectivity index (χ3v) is 4.36. The molecule has 0 aliphatic rings. The highest BCUT2D eigenvalue weighted by atomic mass is 32.2. The third kappa shape index (κ3) is 4.19. The highest BCUT2D eigenvalue weighted by Gasteiger charge is 2.28. The molecular weight excluding hydrogens is 348 g/mol. The SMILES string of the molecule is Cc1cc(F)c(NC(=O)c2cnn(C)c2N)cc1SCC(F)(F)F. The van der Waals surface area contributed by atoms with Gasteiger partial charge in [-0.15, -0.1) is 11.8 Å². The van der Waals surface area contributed by atoms with Gasteiger partial charge in [-0.1, -0.05) is 0 Å². The molecule has 10 heteroatoms. The van der Waals surface area contributed by atoms with Crippen molar-refractivity contribution in [3.8, 4) is 0 Å². The van der Waals surface area contributed by atoms with E-state index in [1.54, 1.807) is 0 Å². The van der Waals surface area contributed by atoms with E-state index < -0.39 is 23.7 Å². The first-order valence-electron chi connectivity index (χ1n) is 6.67. The van der Waals surface area contributed by atoms with Crippen molar-refractivity contribution in [1.82, 2.24) is 9.78 Å². The predicted molar refractivity (Wildman–Crippen MR) is 83.5 cm³/mol. The number of hydrogen-bond donors (Lipinski definition) is 2. The van der Waals surface area contributed by atoms with Crippen molar-refractivity contribution in [3.05, 3.63) is 35.3 Å². The number of thioether (sulfide) groups is 1. The lowest BCUT2D eigenvalue weighted by Crippen LogP contribution is -2.15. The van der Waals surface area contributed by atoms with Crippen LogP contribution in [0.4, 0.5) is 29.1 Å². The number of nitrogen functional groups attached to an aromatic ring is 1. The van der Waals surface area contributed by atoms with Crippen LogP contribution < -0.4 is 11.1 Å². The Balaban J connectivity index is 2.23. The zero-order chi connectivity index (χ0) is 18.1. The van der Waals surface area contributed by atoms with Gasteiger partial charge in [0.05, 0.1) is 17.6 Å². The Morgan fingerprint density at radius 1 is 1.42 bits per heavy atom. The Bertz CT molecular complexity index is 773. The predicted octanol–water partition coefficient (Wildman–Crippen LogP) is 3.36. The van der Waals surface area contributed by atoms with Gasteiger partial charge in [0.25, 0.3) is 5.91 Å². The number of anilines is 2. The Labute approximate surface area is 139 Å². The van der Waals surface area contributed by atoms with Gasteiger partial charge in [-0.2, -0.15) is 18.3 Å². The van der Waals surface area contributed by atoms with Gasteiger partial charge in [-0.05, 0) is 24.6 Å². The summed E-state index contributed by atoms with van der Waals surface area (Å²) in [5.41, 5.74) is 5.83. The Kier molecular flexibility index (Phi) is 5.07. The van der Waals surface area contributed by atoms with Crippen LogP contribution in [0.5, 0.6) is 0 Å². The quantitative estimate of drug-likeness (QED) is 0.646. The molecular formula is C14H14F4N4OS. The summed E-state index contributed by atoms with van der Waals surface area (Å²) in [6.45, 7) is 1.49. The average Bonchev–Trinajstić information content (AvgIpc) is 2.79. The number of aromatic nitrogens is 2. The van der Waals surface area contributed by atoms with Gasteiger partial charge < -0.3 is 11.1 Å². The number of nitrogens with one attached hydrogen (secondary N) is 1. The summed E-state index contributed by atoms with van der Waals surface area (Å²) in [7, 11) is 1.53. The summed E-state index contributed by atoms with van der Waals surface area (Å²) < 4.78 is 52.3. The first kappa shape index (κ1) is 18.1. The number of halogens is 4. The van der Waals surface area contributed by atoms with E-state index in [0.717, 1.165) is 6.07 Å².